The van der Waals surface area contributed by atoms with Gasteiger partial charge in [-0.05, 0) is 56.0 Å². The quantitative estimate of drug-likeness (QED) is 0.613. The maximum atomic E-state index is 13.3. The largest absolute Gasteiger partial charge is 0.495 e. The van der Waals surface area contributed by atoms with E-state index in [1.165, 1.54) is 29.6 Å². The standard InChI is InChI=1S/C24H31N3O5S/c1-4-18-10-5-6-11-20(18)26-23(28)16-25-24(29)19-12-13-21(32-3)22(15-19)33(30,31)27-14-8-7-9-17(27)2/h5-6,10-13,15,17H,4,7-9,14,16H2,1-3H3,(H,25,29)(H,26,28)/t17-/m1/s1. The molecule has 2 aromatic carbocycles. The first-order valence-corrected chi connectivity index (χ1v) is 12.6. The number of sulfonamides is 1. The molecular formula is C24H31N3O5S. The van der Waals surface area contributed by atoms with Gasteiger partial charge in [0.2, 0.25) is 15.9 Å². The van der Waals surface area contributed by atoms with Crippen LogP contribution in [0.5, 0.6) is 5.75 Å². The molecule has 0 bridgehead atoms. The molecule has 1 fully saturated rings. The molecular weight excluding hydrogens is 442 g/mol. The number of rotatable bonds is 8. The van der Waals surface area contributed by atoms with Crippen molar-refractivity contribution in [3.05, 3.63) is 53.6 Å². The van der Waals surface area contributed by atoms with Crippen LogP contribution in [0.4, 0.5) is 5.69 Å². The molecule has 0 unspecified atom stereocenters. The third-order valence-electron chi connectivity index (χ3n) is 5.84. The lowest BCUT2D eigenvalue weighted by atomic mass is 10.1. The molecule has 2 N–H and O–H groups in total. The topological polar surface area (TPSA) is 105 Å². The number of ether oxygens (including phenoxy) is 1. The number of methoxy groups -OCH3 is 1. The van der Waals surface area contributed by atoms with Crippen molar-refractivity contribution in [2.75, 3.05) is 25.5 Å². The summed E-state index contributed by atoms with van der Waals surface area (Å²) in [5.74, 6) is -0.731. The number of aryl methyl sites for hydroxylation is 1. The Bertz CT molecular complexity index is 1120. The monoisotopic (exact) mass is 473 g/mol. The third-order valence-corrected chi connectivity index (χ3v) is 7.87. The van der Waals surface area contributed by atoms with E-state index in [1.54, 1.807) is 6.07 Å². The van der Waals surface area contributed by atoms with Crippen LogP contribution in [0.2, 0.25) is 0 Å². The third kappa shape index (κ3) is 5.72. The van der Waals surface area contributed by atoms with Crippen LogP contribution in [0.1, 0.15) is 49.0 Å². The second kappa shape index (κ2) is 10.8. The van der Waals surface area contributed by atoms with E-state index in [0.717, 1.165) is 31.2 Å². The maximum Gasteiger partial charge on any atom is 0.251 e. The van der Waals surface area contributed by atoms with Gasteiger partial charge in [-0.1, -0.05) is 31.5 Å². The fourth-order valence-corrected chi connectivity index (χ4v) is 5.87. The van der Waals surface area contributed by atoms with Gasteiger partial charge in [-0.2, -0.15) is 4.31 Å². The number of nitrogens with zero attached hydrogens (tertiary/aromatic N) is 1. The fraction of sp³-hybridized carbons (Fsp3) is 0.417. The van der Waals surface area contributed by atoms with Gasteiger partial charge < -0.3 is 15.4 Å². The molecule has 0 radical (unpaired) electrons. The Hall–Kier alpha value is -2.91. The highest BCUT2D eigenvalue weighted by Gasteiger charge is 2.33. The van der Waals surface area contributed by atoms with E-state index in [-0.39, 0.29) is 34.7 Å². The summed E-state index contributed by atoms with van der Waals surface area (Å²) in [5.41, 5.74) is 1.84. The normalized spacial score (nSPS) is 16.8. The van der Waals surface area contributed by atoms with Crippen LogP contribution in [-0.4, -0.2) is 50.8 Å². The zero-order chi connectivity index (χ0) is 24.0. The number of anilines is 1. The number of hydrogen-bond donors (Lipinski definition) is 2. The smallest absolute Gasteiger partial charge is 0.251 e. The Morgan fingerprint density at radius 1 is 1.15 bits per heavy atom. The van der Waals surface area contributed by atoms with Crippen molar-refractivity contribution in [3.8, 4) is 5.75 Å². The number of piperidine rings is 1. The molecule has 2 amide bonds. The van der Waals surface area contributed by atoms with E-state index in [2.05, 4.69) is 10.6 Å². The summed E-state index contributed by atoms with van der Waals surface area (Å²) >= 11 is 0. The van der Waals surface area contributed by atoms with Crippen LogP contribution in [0, 0.1) is 0 Å². The summed E-state index contributed by atoms with van der Waals surface area (Å²) in [4.78, 5) is 25.0. The van der Waals surface area contributed by atoms with E-state index >= 15 is 0 Å². The average Bonchev–Trinajstić information content (AvgIpc) is 2.82. The number of carbonyl (C=O) groups excluding carboxylic acids is 2. The zero-order valence-electron chi connectivity index (χ0n) is 19.3. The molecule has 0 aromatic heterocycles. The average molecular weight is 474 g/mol. The summed E-state index contributed by atoms with van der Waals surface area (Å²) < 4.78 is 33.4. The predicted octanol–water partition coefficient (Wildman–Crippen LogP) is 3.19. The molecule has 1 aliphatic heterocycles. The molecule has 0 saturated carbocycles. The van der Waals surface area contributed by atoms with E-state index in [9.17, 15) is 18.0 Å². The van der Waals surface area contributed by atoms with Crippen LogP contribution in [0.25, 0.3) is 0 Å². The summed E-state index contributed by atoms with van der Waals surface area (Å²) in [7, 11) is -2.45. The first kappa shape index (κ1) is 24.7. The number of nitrogens with one attached hydrogen (secondary N) is 2. The minimum atomic E-state index is -3.84. The molecule has 1 saturated heterocycles. The molecule has 0 spiro atoms. The molecule has 8 nitrogen and oxygen atoms in total. The minimum Gasteiger partial charge on any atom is -0.495 e. The Morgan fingerprint density at radius 2 is 1.91 bits per heavy atom. The first-order chi connectivity index (χ1) is 15.8. The minimum absolute atomic E-state index is 0.0484. The van der Waals surface area contributed by atoms with Crippen LogP contribution >= 0.6 is 0 Å². The Balaban J connectivity index is 1.74. The summed E-state index contributed by atoms with van der Waals surface area (Å²) in [6.07, 6.45) is 3.33. The van der Waals surface area contributed by atoms with E-state index in [0.29, 0.717) is 12.2 Å². The van der Waals surface area contributed by atoms with Gasteiger partial charge in [-0.3, -0.25) is 9.59 Å². The predicted molar refractivity (Wildman–Crippen MR) is 127 cm³/mol. The van der Waals surface area contributed by atoms with E-state index in [1.807, 2.05) is 32.0 Å². The molecule has 1 aliphatic rings. The van der Waals surface area contributed by atoms with Crippen molar-refractivity contribution < 1.29 is 22.7 Å². The van der Waals surface area contributed by atoms with Crippen molar-refractivity contribution in [2.24, 2.45) is 0 Å². The summed E-state index contributed by atoms with van der Waals surface area (Å²) in [6.45, 7) is 4.07. The molecule has 33 heavy (non-hydrogen) atoms. The van der Waals surface area contributed by atoms with Gasteiger partial charge in [-0.25, -0.2) is 8.42 Å². The van der Waals surface area contributed by atoms with Gasteiger partial charge in [0.25, 0.3) is 5.91 Å². The van der Waals surface area contributed by atoms with E-state index < -0.39 is 15.9 Å². The highest BCUT2D eigenvalue weighted by Crippen LogP contribution is 2.31. The maximum absolute atomic E-state index is 13.3. The van der Waals surface area contributed by atoms with Crippen LogP contribution < -0.4 is 15.4 Å². The Kier molecular flexibility index (Phi) is 8.10. The highest BCUT2D eigenvalue weighted by atomic mass is 32.2. The van der Waals surface area contributed by atoms with Crippen molar-refractivity contribution >= 4 is 27.5 Å². The number of amides is 2. The highest BCUT2D eigenvalue weighted by molar-refractivity contribution is 7.89. The molecule has 1 atom stereocenters. The molecule has 9 heteroatoms. The number of benzene rings is 2. The van der Waals surface area contributed by atoms with Gasteiger partial charge in [0.1, 0.15) is 10.6 Å². The first-order valence-electron chi connectivity index (χ1n) is 11.1. The number of para-hydroxylation sites is 1. The van der Waals surface area contributed by atoms with Gasteiger partial charge in [0.05, 0.1) is 13.7 Å². The van der Waals surface area contributed by atoms with Crippen LogP contribution in [0.15, 0.2) is 47.4 Å². The lowest BCUT2D eigenvalue weighted by molar-refractivity contribution is -0.115. The zero-order valence-corrected chi connectivity index (χ0v) is 20.1. The molecule has 1 heterocycles. The second-order valence-electron chi connectivity index (χ2n) is 8.07. The van der Waals surface area contributed by atoms with Gasteiger partial charge >= 0.3 is 0 Å². The molecule has 0 aliphatic carbocycles. The fourth-order valence-electron chi connectivity index (χ4n) is 3.98. The van der Waals surface area contributed by atoms with Crippen molar-refractivity contribution in [1.29, 1.82) is 0 Å². The lowest BCUT2D eigenvalue weighted by Crippen LogP contribution is -2.42. The SMILES string of the molecule is CCc1ccccc1NC(=O)CNC(=O)c1ccc(OC)c(S(=O)(=O)N2CCCC[C@H]2C)c1. The van der Waals surface area contributed by atoms with Crippen molar-refractivity contribution in [2.45, 2.75) is 50.5 Å². The Labute approximate surface area is 195 Å². The summed E-state index contributed by atoms with van der Waals surface area (Å²) in [6, 6.07) is 11.6. The van der Waals surface area contributed by atoms with Crippen molar-refractivity contribution in [3.63, 3.8) is 0 Å². The van der Waals surface area contributed by atoms with Gasteiger partial charge in [0.15, 0.2) is 0 Å². The van der Waals surface area contributed by atoms with E-state index in [4.69, 9.17) is 4.74 Å². The van der Waals surface area contributed by atoms with Gasteiger partial charge in [-0.15, -0.1) is 0 Å². The van der Waals surface area contributed by atoms with Crippen LogP contribution in [-0.2, 0) is 21.2 Å². The number of hydrogen-bond acceptors (Lipinski definition) is 5. The number of carbonyl (C=O) groups is 2. The summed E-state index contributed by atoms with van der Waals surface area (Å²) in [5, 5.41) is 5.35. The van der Waals surface area contributed by atoms with Crippen molar-refractivity contribution in [1.82, 2.24) is 9.62 Å². The molecule has 3 rings (SSSR count). The molecule has 2 aromatic rings. The second-order valence-corrected chi connectivity index (χ2v) is 9.93. The van der Waals surface area contributed by atoms with Crippen LogP contribution in [0.3, 0.4) is 0 Å². The Morgan fingerprint density at radius 3 is 2.61 bits per heavy atom. The molecule has 178 valence electrons. The lowest BCUT2D eigenvalue weighted by Gasteiger charge is -2.32. The van der Waals surface area contributed by atoms with Gasteiger partial charge in [0, 0.05) is 23.8 Å².